The molecule has 1 aliphatic heterocycles. The van der Waals surface area contributed by atoms with Crippen LogP contribution in [0.5, 0.6) is 5.75 Å². The number of aryl methyl sites for hydroxylation is 2. The highest BCUT2D eigenvalue weighted by Gasteiger charge is 2.22. The van der Waals surface area contributed by atoms with Gasteiger partial charge in [-0.15, -0.1) is 0 Å². The lowest BCUT2D eigenvalue weighted by atomic mass is 9.85. The summed E-state index contributed by atoms with van der Waals surface area (Å²) in [7, 11) is 0.475. The zero-order valence-corrected chi connectivity index (χ0v) is 17.8. The van der Waals surface area contributed by atoms with Gasteiger partial charge < -0.3 is 10.0 Å². The van der Waals surface area contributed by atoms with Crippen molar-refractivity contribution < 1.29 is 5.11 Å². The van der Waals surface area contributed by atoms with E-state index in [0.29, 0.717) is 14.3 Å². The molecule has 3 rings (SSSR count). The normalized spacial score (nSPS) is 15.8. The van der Waals surface area contributed by atoms with Gasteiger partial charge in [-0.25, -0.2) is 0 Å². The minimum atomic E-state index is -0.0572. The van der Waals surface area contributed by atoms with Crippen molar-refractivity contribution >= 4 is 24.9 Å². The Morgan fingerprint density at radius 3 is 2.23 bits per heavy atom. The van der Waals surface area contributed by atoms with Crippen LogP contribution in [0.4, 0.5) is 5.69 Å². The largest absolute Gasteiger partial charge is 0.507 e. The third kappa shape index (κ3) is 4.23. The maximum Gasteiger partial charge on any atom is 0.127 e. The summed E-state index contributed by atoms with van der Waals surface area (Å²) in [5, 5.41) is 13.4. The molecule has 1 unspecified atom stereocenters. The lowest BCUT2D eigenvalue weighted by Gasteiger charge is -2.31. The van der Waals surface area contributed by atoms with E-state index in [9.17, 15) is 5.11 Å². The minimum absolute atomic E-state index is 0.0572. The average molecular weight is 369 g/mol. The Bertz CT molecular complexity index is 786. The SMILES string of the molecule is Cc1ccc(Pc2cc(C)cc(C(C)(C)C)c2O)c(N2CCCCC2)c1. The first kappa shape index (κ1) is 19.2. The van der Waals surface area contributed by atoms with Crippen LogP contribution in [0.2, 0.25) is 0 Å². The molecule has 0 saturated carbocycles. The van der Waals surface area contributed by atoms with Gasteiger partial charge in [0.1, 0.15) is 5.75 Å². The molecular formula is C23H32NOP. The van der Waals surface area contributed by atoms with Crippen molar-refractivity contribution in [3.63, 3.8) is 0 Å². The lowest BCUT2D eigenvalue weighted by Crippen LogP contribution is -2.32. The van der Waals surface area contributed by atoms with Crippen molar-refractivity contribution in [1.82, 2.24) is 0 Å². The molecule has 3 heteroatoms. The number of benzene rings is 2. The van der Waals surface area contributed by atoms with Gasteiger partial charge in [0.15, 0.2) is 0 Å². The fraction of sp³-hybridized carbons (Fsp3) is 0.478. The van der Waals surface area contributed by atoms with Crippen molar-refractivity contribution in [3.05, 3.63) is 47.0 Å². The second-order valence-corrected chi connectivity index (χ2v) is 9.98. The van der Waals surface area contributed by atoms with Crippen LogP contribution in [-0.4, -0.2) is 18.2 Å². The summed E-state index contributed by atoms with van der Waals surface area (Å²) in [6.07, 6.45) is 3.90. The number of phenols is 1. The van der Waals surface area contributed by atoms with Crippen LogP contribution in [0.3, 0.4) is 0 Å². The summed E-state index contributed by atoms with van der Waals surface area (Å²) in [5.41, 5.74) is 4.89. The highest BCUT2D eigenvalue weighted by atomic mass is 31.1. The fourth-order valence-electron chi connectivity index (χ4n) is 3.73. The smallest absolute Gasteiger partial charge is 0.127 e. The van der Waals surface area contributed by atoms with Crippen molar-refractivity contribution in [3.8, 4) is 5.75 Å². The molecule has 26 heavy (non-hydrogen) atoms. The van der Waals surface area contributed by atoms with Crippen molar-refractivity contribution in [2.45, 2.75) is 59.3 Å². The van der Waals surface area contributed by atoms with E-state index < -0.39 is 0 Å². The molecule has 0 aliphatic carbocycles. The van der Waals surface area contributed by atoms with Gasteiger partial charge >= 0.3 is 0 Å². The number of piperidine rings is 1. The van der Waals surface area contributed by atoms with Crippen molar-refractivity contribution in [2.75, 3.05) is 18.0 Å². The van der Waals surface area contributed by atoms with E-state index in [2.05, 4.69) is 69.9 Å². The first-order valence-corrected chi connectivity index (χ1v) is 10.7. The van der Waals surface area contributed by atoms with Crippen molar-refractivity contribution in [1.29, 1.82) is 0 Å². The maximum absolute atomic E-state index is 11.0. The van der Waals surface area contributed by atoms with Gasteiger partial charge in [-0.3, -0.25) is 0 Å². The number of anilines is 1. The lowest BCUT2D eigenvalue weighted by molar-refractivity contribution is 0.450. The molecule has 1 atom stereocenters. The molecule has 1 N–H and O–H groups in total. The molecule has 0 spiro atoms. The quantitative estimate of drug-likeness (QED) is 0.776. The molecule has 0 aromatic heterocycles. The van der Waals surface area contributed by atoms with Crippen LogP contribution < -0.4 is 15.5 Å². The van der Waals surface area contributed by atoms with Gasteiger partial charge in [-0.1, -0.05) is 47.6 Å². The van der Waals surface area contributed by atoms with E-state index in [-0.39, 0.29) is 5.41 Å². The monoisotopic (exact) mass is 369 g/mol. The Morgan fingerprint density at radius 1 is 0.885 bits per heavy atom. The summed E-state index contributed by atoms with van der Waals surface area (Å²) in [6.45, 7) is 13.1. The summed E-state index contributed by atoms with van der Waals surface area (Å²) in [4.78, 5) is 2.54. The highest BCUT2D eigenvalue weighted by molar-refractivity contribution is 7.56. The zero-order valence-electron chi connectivity index (χ0n) is 16.8. The van der Waals surface area contributed by atoms with Crippen LogP contribution in [0.15, 0.2) is 30.3 Å². The molecule has 1 heterocycles. The van der Waals surface area contributed by atoms with Crippen LogP contribution in [0.1, 0.15) is 56.7 Å². The van der Waals surface area contributed by atoms with Gasteiger partial charge in [-0.2, -0.15) is 0 Å². The first-order chi connectivity index (χ1) is 12.3. The molecule has 0 amide bonds. The number of rotatable bonds is 3. The standard InChI is InChI=1S/C23H32NOP/c1-16-9-10-20(19(14-16)24-11-7-6-8-12-24)26-21-15-17(2)13-18(22(21)25)23(3,4)5/h9-10,13-15,25-26H,6-8,11-12H2,1-5H3. The Hall–Kier alpha value is -1.53. The molecule has 2 aromatic rings. The van der Waals surface area contributed by atoms with Crippen LogP contribution in [0.25, 0.3) is 0 Å². The Morgan fingerprint density at radius 2 is 1.58 bits per heavy atom. The predicted octanol–water partition coefficient (Wildman–Crippen LogP) is 4.93. The second kappa shape index (κ2) is 7.61. The highest BCUT2D eigenvalue weighted by Crippen LogP contribution is 2.34. The Balaban J connectivity index is 2.00. The number of hydrogen-bond donors (Lipinski definition) is 1. The minimum Gasteiger partial charge on any atom is -0.507 e. The van der Waals surface area contributed by atoms with Gasteiger partial charge in [0.05, 0.1) is 0 Å². The van der Waals surface area contributed by atoms with E-state index in [0.717, 1.165) is 24.0 Å². The number of nitrogens with zero attached hydrogens (tertiary/aromatic N) is 1. The molecule has 1 saturated heterocycles. The maximum atomic E-state index is 11.0. The van der Waals surface area contributed by atoms with Crippen molar-refractivity contribution in [2.24, 2.45) is 0 Å². The van der Waals surface area contributed by atoms with Gasteiger partial charge in [0.25, 0.3) is 0 Å². The van der Waals surface area contributed by atoms with E-state index in [1.807, 2.05) is 0 Å². The average Bonchev–Trinajstić information content (AvgIpc) is 2.59. The third-order valence-corrected chi connectivity index (χ3v) is 6.52. The summed E-state index contributed by atoms with van der Waals surface area (Å²) in [6, 6.07) is 11.1. The van der Waals surface area contributed by atoms with Crippen LogP contribution in [0, 0.1) is 13.8 Å². The molecule has 1 aliphatic rings. The fourth-order valence-corrected chi connectivity index (χ4v) is 5.10. The van der Waals surface area contributed by atoms with Gasteiger partial charge in [0.2, 0.25) is 0 Å². The van der Waals surface area contributed by atoms with E-state index in [4.69, 9.17) is 0 Å². The third-order valence-electron chi connectivity index (χ3n) is 5.18. The molecule has 1 fully saturated rings. The molecule has 0 radical (unpaired) electrons. The summed E-state index contributed by atoms with van der Waals surface area (Å²) in [5.74, 6) is 0.478. The number of aromatic hydroxyl groups is 1. The molecule has 0 bridgehead atoms. The summed E-state index contributed by atoms with van der Waals surface area (Å²) < 4.78 is 0. The van der Waals surface area contributed by atoms with Gasteiger partial charge in [-0.05, 0) is 61.8 Å². The predicted molar refractivity (Wildman–Crippen MR) is 116 cm³/mol. The Labute approximate surface area is 160 Å². The molecular weight excluding hydrogens is 337 g/mol. The molecule has 2 nitrogen and oxygen atoms in total. The molecule has 2 aromatic carbocycles. The molecule has 140 valence electrons. The first-order valence-electron chi connectivity index (χ1n) is 9.72. The topological polar surface area (TPSA) is 23.5 Å². The van der Waals surface area contributed by atoms with E-state index in [1.54, 1.807) is 0 Å². The second-order valence-electron chi connectivity index (χ2n) is 8.65. The summed E-state index contributed by atoms with van der Waals surface area (Å²) >= 11 is 0. The van der Waals surface area contributed by atoms with E-state index >= 15 is 0 Å². The number of phenolic OH excluding ortho intramolecular Hbond substituents is 1. The Kier molecular flexibility index (Phi) is 5.63. The van der Waals surface area contributed by atoms with Gasteiger partial charge in [0, 0.05) is 34.9 Å². The number of hydrogen-bond acceptors (Lipinski definition) is 2. The van der Waals surface area contributed by atoms with E-state index in [1.165, 1.54) is 41.4 Å². The van der Waals surface area contributed by atoms with Crippen LogP contribution >= 0.6 is 8.58 Å². The zero-order chi connectivity index (χ0) is 18.9. The van der Waals surface area contributed by atoms with Crippen LogP contribution in [-0.2, 0) is 5.41 Å².